The van der Waals surface area contributed by atoms with Crippen LogP contribution in [0.25, 0.3) is 0 Å². The van der Waals surface area contributed by atoms with E-state index in [9.17, 15) is 4.79 Å². The molecule has 1 aliphatic rings. The van der Waals surface area contributed by atoms with Gasteiger partial charge in [0.05, 0.1) is 6.04 Å². The van der Waals surface area contributed by atoms with Gasteiger partial charge in [-0.15, -0.1) is 0 Å². The Hall–Kier alpha value is -1.15. The molecule has 1 saturated carbocycles. The van der Waals surface area contributed by atoms with Crippen LogP contribution in [0.2, 0.25) is 0 Å². The third kappa shape index (κ3) is 2.70. The first-order valence-corrected chi connectivity index (χ1v) is 6.04. The van der Waals surface area contributed by atoms with Gasteiger partial charge in [-0.3, -0.25) is 9.69 Å². The summed E-state index contributed by atoms with van der Waals surface area (Å²) in [4.78, 5) is 14.0. The highest BCUT2D eigenvalue weighted by molar-refractivity contribution is 5.84. The van der Waals surface area contributed by atoms with Crippen molar-refractivity contribution in [3.63, 3.8) is 0 Å². The molecule has 86 valence electrons. The Kier molecular flexibility index (Phi) is 3.73. The Balaban J connectivity index is 1.97. The number of carbonyl (C=O) groups is 1. The van der Waals surface area contributed by atoms with E-state index in [0.29, 0.717) is 5.78 Å². The molecule has 1 unspecified atom stereocenters. The van der Waals surface area contributed by atoms with E-state index in [1.807, 2.05) is 18.2 Å². The van der Waals surface area contributed by atoms with Gasteiger partial charge in [0.2, 0.25) is 0 Å². The number of benzene rings is 1. The van der Waals surface area contributed by atoms with E-state index in [4.69, 9.17) is 0 Å². The van der Waals surface area contributed by atoms with E-state index in [2.05, 4.69) is 24.1 Å². The van der Waals surface area contributed by atoms with Gasteiger partial charge >= 0.3 is 0 Å². The lowest BCUT2D eigenvalue weighted by Crippen LogP contribution is -2.39. The van der Waals surface area contributed by atoms with Crippen molar-refractivity contribution in [1.82, 2.24) is 4.90 Å². The van der Waals surface area contributed by atoms with E-state index in [1.54, 1.807) is 0 Å². The molecule has 1 atom stereocenters. The van der Waals surface area contributed by atoms with E-state index >= 15 is 0 Å². The van der Waals surface area contributed by atoms with E-state index < -0.39 is 0 Å². The average Bonchev–Trinajstić information content (AvgIpc) is 2.31. The normalized spacial score (nSPS) is 21.4. The molecule has 16 heavy (non-hydrogen) atoms. The van der Waals surface area contributed by atoms with E-state index in [-0.39, 0.29) is 6.04 Å². The molecule has 2 rings (SSSR count). The fourth-order valence-corrected chi connectivity index (χ4v) is 2.41. The molecular formula is C14H19NO. The van der Waals surface area contributed by atoms with Gasteiger partial charge in [-0.05, 0) is 25.5 Å². The number of likely N-dealkylation sites (N-methyl/N-ethyl adjacent to an activating group) is 1. The van der Waals surface area contributed by atoms with Crippen molar-refractivity contribution in [1.29, 1.82) is 0 Å². The average molecular weight is 217 g/mol. The minimum Gasteiger partial charge on any atom is -0.298 e. The molecule has 2 heteroatoms. The van der Waals surface area contributed by atoms with E-state index in [1.165, 1.54) is 12.0 Å². The van der Waals surface area contributed by atoms with Crippen LogP contribution in [-0.4, -0.2) is 23.8 Å². The summed E-state index contributed by atoms with van der Waals surface area (Å²) in [6.07, 6.45) is 4.07. The number of ketones is 1. The zero-order valence-corrected chi connectivity index (χ0v) is 9.86. The van der Waals surface area contributed by atoms with Gasteiger partial charge in [0.1, 0.15) is 5.78 Å². The molecule has 0 aromatic heterocycles. The number of carbonyl (C=O) groups excluding carboxylic acids is 1. The third-order valence-corrected chi connectivity index (χ3v) is 3.33. The summed E-state index contributed by atoms with van der Waals surface area (Å²) >= 11 is 0. The van der Waals surface area contributed by atoms with Crippen molar-refractivity contribution in [2.75, 3.05) is 7.05 Å². The molecule has 0 amide bonds. The van der Waals surface area contributed by atoms with Gasteiger partial charge in [-0.1, -0.05) is 36.8 Å². The Labute approximate surface area is 97.3 Å². The molecule has 0 spiro atoms. The lowest BCUT2D eigenvalue weighted by Gasteiger charge is -2.29. The Bertz CT molecular complexity index is 347. The molecule has 0 heterocycles. The van der Waals surface area contributed by atoms with Gasteiger partial charge in [0.15, 0.2) is 0 Å². The molecule has 1 aliphatic carbocycles. The van der Waals surface area contributed by atoms with Crippen molar-refractivity contribution in [2.45, 2.75) is 38.3 Å². The minimum absolute atomic E-state index is 0.147. The standard InChI is InChI=1S/C14H19NO/c1-15(11-12-7-3-2-4-8-12)13-9-5-6-10-14(13)16/h2-4,7-8,13H,5-6,9-11H2,1H3. The van der Waals surface area contributed by atoms with Crippen LogP contribution in [0.3, 0.4) is 0 Å². The predicted molar refractivity (Wildman–Crippen MR) is 65.2 cm³/mol. The Morgan fingerprint density at radius 2 is 2.00 bits per heavy atom. The molecule has 0 radical (unpaired) electrons. The first-order valence-electron chi connectivity index (χ1n) is 6.04. The van der Waals surface area contributed by atoms with Crippen molar-refractivity contribution in [3.05, 3.63) is 35.9 Å². The predicted octanol–water partition coefficient (Wildman–Crippen LogP) is 2.63. The first kappa shape index (κ1) is 11.3. The quantitative estimate of drug-likeness (QED) is 0.775. The summed E-state index contributed by atoms with van der Waals surface area (Å²) in [7, 11) is 2.06. The number of hydrogen-bond donors (Lipinski definition) is 0. The number of Topliss-reactive ketones (excluding diaryl/α,β-unsaturated/α-hetero) is 1. The highest BCUT2D eigenvalue weighted by Gasteiger charge is 2.25. The largest absolute Gasteiger partial charge is 0.298 e. The zero-order valence-electron chi connectivity index (χ0n) is 9.86. The number of rotatable bonds is 3. The van der Waals surface area contributed by atoms with Gasteiger partial charge in [-0.2, -0.15) is 0 Å². The summed E-state index contributed by atoms with van der Waals surface area (Å²) < 4.78 is 0. The minimum atomic E-state index is 0.147. The Morgan fingerprint density at radius 1 is 1.25 bits per heavy atom. The summed E-state index contributed by atoms with van der Waals surface area (Å²) in [5.74, 6) is 0.421. The molecular weight excluding hydrogens is 198 g/mol. The zero-order chi connectivity index (χ0) is 11.4. The van der Waals surface area contributed by atoms with Crippen LogP contribution in [0, 0.1) is 0 Å². The second kappa shape index (κ2) is 5.26. The fourth-order valence-electron chi connectivity index (χ4n) is 2.41. The summed E-state index contributed by atoms with van der Waals surface area (Å²) in [6.45, 7) is 0.872. The topological polar surface area (TPSA) is 20.3 Å². The highest BCUT2D eigenvalue weighted by Crippen LogP contribution is 2.20. The molecule has 0 N–H and O–H groups in total. The van der Waals surface area contributed by atoms with Crippen LogP contribution in [-0.2, 0) is 11.3 Å². The highest BCUT2D eigenvalue weighted by atomic mass is 16.1. The summed E-state index contributed by atoms with van der Waals surface area (Å²) in [5.41, 5.74) is 1.28. The monoisotopic (exact) mass is 217 g/mol. The van der Waals surface area contributed by atoms with Gasteiger partial charge < -0.3 is 0 Å². The maximum absolute atomic E-state index is 11.8. The fraction of sp³-hybridized carbons (Fsp3) is 0.500. The molecule has 1 aromatic carbocycles. The van der Waals surface area contributed by atoms with Crippen molar-refractivity contribution < 1.29 is 4.79 Å². The molecule has 2 nitrogen and oxygen atoms in total. The van der Waals surface area contributed by atoms with Crippen LogP contribution < -0.4 is 0 Å². The second-order valence-corrected chi connectivity index (χ2v) is 4.63. The molecule has 1 fully saturated rings. The van der Waals surface area contributed by atoms with Crippen molar-refractivity contribution in [2.24, 2.45) is 0 Å². The molecule has 0 aliphatic heterocycles. The van der Waals surface area contributed by atoms with Crippen LogP contribution in [0.4, 0.5) is 0 Å². The first-order chi connectivity index (χ1) is 7.77. The summed E-state index contributed by atoms with van der Waals surface area (Å²) in [5, 5.41) is 0. The van der Waals surface area contributed by atoms with Crippen LogP contribution in [0.5, 0.6) is 0 Å². The second-order valence-electron chi connectivity index (χ2n) is 4.63. The molecule has 0 saturated heterocycles. The molecule has 1 aromatic rings. The third-order valence-electron chi connectivity index (χ3n) is 3.33. The van der Waals surface area contributed by atoms with Crippen molar-refractivity contribution in [3.8, 4) is 0 Å². The van der Waals surface area contributed by atoms with Gasteiger partial charge in [-0.25, -0.2) is 0 Å². The van der Waals surface area contributed by atoms with E-state index in [0.717, 1.165) is 25.8 Å². The smallest absolute Gasteiger partial charge is 0.149 e. The number of hydrogen-bond acceptors (Lipinski definition) is 2. The lowest BCUT2D eigenvalue weighted by atomic mass is 9.93. The summed E-state index contributed by atoms with van der Waals surface area (Å²) in [6, 6.07) is 10.5. The SMILES string of the molecule is CN(Cc1ccccc1)C1CCCCC1=O. The van der Waals surface area contributed by atoms with Gasteiger partial charge in [0, 0.05) is 13.0 Å². The lowest BCUT2D eigenvalue weighted by molar-refractivity contribution is -0.125. The van der Waals surface area contributed by atoms with Crippen LogP contribution in [0.1, 0.15) is 31.2 Å². The van der Waals surface area contributed by atoms with Crippen LogP contribution in [0.15, 0.2) is 30.3 Å². The Morgan fingerprint density at radius 3 is 2.69 bits per heavy atom. The van der Waals surface area contributed by atoms with Gasteiger partial charge in [0.25, 0.3) is 0 Å². The maximum Gasteiger partial charge on any atom is 0.149 e. The molecule has 0 bridgehead atoms. The maximum atomic E-state index is 11.8. The van der Waals surface area contributed by atoms with Crippen LogP contribution >= 0.6 is 0 Å². The number of nitrogens with zero attached hydrogens (tertiary/aromatic N) is 1. The van der Waals surface area contributed by atoms with Crippen molar-refractivity contribution >= 4 is 5.78 Å².